The number of nitrogens with zero attached hydrogens (tertiary/aromatic N) is 1. The molecule has 0 bridgehead atoms. The summed E-state index contributed by atoms with van der Waals surface area (Å²) >= 11 is 2.36. The molecule has 0 aliphatic rings. The average Bonchev–Trinajstić information content (AvgIpc) is 2.46. The topological polar surface area (TPSA) is 34.2 Å². The molecule has 2 rings (SSSR count). The number of ether oxygens (including phenoxy) is 1. The van der Waals surface area contributed by atoms with E-state index in [1.807, 2.05) is 18.2 Å². The van der Waals surface area contributed by atoms with E-state index in [4.69, 9.17) is 4.74 Å². The van der Waals surface area contributed by atoms with E-state index in [-0.39, 0.29) is 6.04 Å². The van der Waals surface area contributed by atoms with Crippen molar-refractivity contribution in [1.82, 2.24) is 10.3 Å². The lowest BCUT2D eigenvalue weighted by molar-refractivity contribution is 0.400. The molecule has 19 heavy (non-hydrogen) atoms. The van der Waals surface area contributed by atoms with Crippen LogP contribution in [-0.2, 0) is 0 Å². The fourth-order valence-electron chi connectivity index (χ4n) is 2.06. The third kappa shape index (κ3) is 3.25. The molecule has 1 aromatic heterocycles. The summed E-state index contributed by atoms with van der Waals surface area (Å²) in [5.74, 6) is 0.813. The molecule has 1 heterocycles. The maximum Gasteiger partial charge on any atom is 0.142 e. The Morgan fingerprint density at radius 2 is 2.05 bits per heavy atom. The lowest BCUT2D eigenvalue weighted by Crippen LogP contribution is -2.24. The summed E-state index contributed by atoms with van der Waals surface area (Å²) in [6.45, 7) is 2.97. The number of aromatic nitrogens is 1. The van der Waals surface area contributed by atoms with Gasteiger partial charge in [0.15, 0.2) is 0 Å². The molecule has 2 aromatic rings. The van der Waals surface area contributed by atoms with Crippen molar-refractivity contribution in [2.45, 2.75) is 13.0 Å². The number of rotatable bonds is 5. The molecule has 0 aliphatic heterocycles. The van der Waals surface area contributed by atoms with E-state index in [0.717, 1.165) is 18.0 Å². The minimum absolute atomic E-state index is 0.0502. The van der Waals surface area contributed by atoms with Gasteiger partial charge in [-0.2, -0.15) is 0 Å². The lowest BCUT2D eigenvalue weighted by atomic mass is 10.0. The van der Waals surface area contributed by atoms with Crippen LogP contribution in [0.1, 0.15) is 24.2 Å². The Morgan fingerprint density at radius 3 is 2.74 bits per heavy atom. The highest BCUT2D eigenvalue weighted by Crippen LogP contribution is 2.30. The monoisotopic (exact) mass is 368 g/mol. The first-order valence-electron chi connectivity index (χ1n) is 6.24. The highest BCUT2D eigenvalue weighted by Gasteiger charge is 2.20. The Morgan fingerprint density at radius 1 is 1.26 bits per heavy atom. The van der Waals surface area contributed by atoms with E-state index in [1.165, 1.54) is 9.13 Å². The van der Waals surface area contributed by atoms with Crippen molar-refractivity contribution in [3.05, 3.63) is 57.4 Å². The smallest absolute Gasteiger partial charge is 0.142 e. The predicted molar refractivity (Wildman–Crippen MR) is 85.5 cm³/mol. The molecule has 0 saturated carbocycles. The third-order valence-corrected chi connectivity index (χ3v) is 3.90. The van der Waals surface area contributed by atoms with Crippen LogP contribution >= 0.6 is 22.6 Å². The Labute approximate surface area is 127 Å². The van der Waals surface area contributed by atoms with Gasteiger partial charge in [0.05, 0.1) is 13.2 Å². The van der Waals surface area contributed by atoms with Gasteiger partial charge in [-0.25, -0.2) is 0 Å². The molecular formula is C15H17IN2O. The van der Waals surface area contributed by atoms with Crippen molar-refractivity contribution < 1.29 is 4.74 Å². The molecule has 1 N–H and O–H groups in total. The van der Waals surface area contributed by atoms with E-state index in [1.54, 1.807) is 13.3 Å². The predicted octanol–water partition coefficient (Wildman–Crippen LogP) is 3.39. The Hall–Kier alpha value is -1.14. The van der Waals surface area contributed by atoms with Gasteiger partial charge < -0.3 is 10.1 Å². The van der Waals surface area contributed by atoms with Gasteiger partial charge in [0.1, 0.15) is 11.4 Å². The van der Waals surface area contributed by atoms with Crippen LogP contribution in [0.15, 0.2) is 42.6 Å². The Kier molecular flexibility index (Phi) is 5.15. The minimum atomic E-state index is 0.0502. The summed E-state index contributed by atoms with van der Waals surface area (Å²) in [5.41, 5.74) is 2.15. The van der Waals surface area contributed by atoms with Crippen molar-refractivity contribution in [2.75, 3.05) is 13.7 Å². The second-order valence-corrected chi connectivity index (χ2v) is 5.27. The van der Waals surface area contributed by atoms with Gasteiger partial charge in [-0.3, -0.25) is 4.98 Å². The molecule has 4 heteroatoms. The number of hydrogen-bond donors (Lipinski definition) is 1. The zero-order chi connectivity index (χ0) is 13.7. The van der Waals surface area contributed by atoms with Crippen molar-refractivity contribution in [3.63, 3.8) is 0 Å². The molecule has 0 amide bonds. The van der Waals surface area contributed by atoms with Crippen LogP contribution in [0.2, 0.25) is 0 Å². The number of nitrogens with one attached hydrogen (secondary N) is 1. The molecular weight excluding hydrogens is 351 g/mol. The fourth-order valence-corrected chi connectivity index (χ4v) is 2.76. The summed E-state index contributed by atoms with van der Waals surface area (Å²) in [4.78, 5) is 4.50. The van der Waals surface area contributed by atoms with E-state index in [0.29, 0.717) is 0 Å². The Bertz CT molecular complexity index is 545. The number of halogens is 1. The molecule has 0 spiro atoms. The number of benzene rings is 1. The fraction of sp³-hybridized carbons (Fsp3) is 0.267. The van der Waals surface area contributed by atoms with Gasteiger partial charge in [-0.1, -0.05) is 25.1 Å². The van der Waals surface area contributed by atoms with Gasteiger partial charge >= 0.3 is 0 Å². The highest BCUT2D eigenvalue weighted by atomic mass is 127. The first-order valence-corrected chi connectivity index (χ1v) is 7.32. The summed E-state index contributed by atoms with van der Waals surface area (Å²) in [5, 5.41) is 3.48. The third-order valence-electron chi connectivity index (χ3n) is 2.92. The van der Waals surface area contributed by atoms with Crippen LogP contribution in [0.5, 0.6) is 5.75 Å². The molecule has 1 unspecified atom stereocenters. The summed E-state index contributed by atoms with van der Waals surface area (Å²) in [6.07, 6.45) is 1.80. The largest absolute Gasteiger partial charge is 0.495 e. The van der Waals surface area contributed by atoms with Crippen molar-refractivity contribution in [3.8, 4) is 5.75 Å². The lowest BCUT2D eigenvalue weighted by Gasteiger charge is -2.21. The van der Waals surface area contributed by atoms with Crippen LogP contribution < -0.4 is 10.1 Å². The molecule has 0 aliphatic carbocycles. The number of methoxy groups -OCH3 is 1. The Balaban J connectivity index is 2.49. The van der Waals surface area contributed by atoms with Crippen LogP contribution in [0.4, 0.5) is 0 Å². The zero-order valence-corrected chi connectivity index (χ0v) is 13.2. The second-order valence-electron chi connectivity index (χ2n) is 4.10. The second kappa shape index (κ2) is 6.86. The van der Waals surface area contributed by atoms with Gasteiger partial charge in [0, 0.05) is 9.77 Å². The van der Waals surface area contributed by atoms with E-state index in [9.17, 15) is 0 Å². The first-order chi connectivity index (χ1) is 9.27. The van der Waals surface area contributed by atoms with E-state index < -0.39 is 0 Å². The summed E-state index contributed by atoms with van der Waals surface area (Å²) in [7, 11) is 1.68. The quantitative estimate of drug-likeness (QED) is 0.822. The summed E-state index contributed by atoms with van der Waals surface area (Å²) in [6, 6.07) is 12.2. The van der Waals surface area contributed by atoms with Gasteiger partial charge in [-0.15, -0.1) is 0 Å². The number of hydrogen-bond acceptors (Lipinski definition) is 3. The van der Waals surface area contributed by atoms with Crippen LogP contribution in [0, 0.1) is 3.57 Å². The maximum atomic E-state index is 5.43. The molecule has 3 nitrogen and oxygen atoms in total. The SMILES string of the molecule is CCNC(c1ccccc1I)c1ncccc1OC. The molecule has 1 aromatic carbocycles. The van der Waals surface area contributed by atoms with Crippen LogP contribution in [0.25, 0.3) is 0 Å². The zero-order valence-electron chi connectivity index (χ0n) is 11.1. The molecule has 0 saturated heterocycles. The number of pyridine rings is 1. The standard InChI is InChI=1S/C15H17IN2O/c1-3-17-14(11-7-4-5-8-12(11)16)15-13(19-2)9-6-10-18-15/h4-10,14,17H,3H2,1-2H3. The molecule has 0 fully saturated rings. The minimum Gasteiger partial charge on any atom is -0.495 e. The van der Waals surface area contributed by atoms with Crippen molar-refractivity contribution in [1.29, 1.82) is 0 Å². The van der Waals surface area contributed by atoms with Crippen LogP contribution in [0.3, 0.4) is 0 Å². The maximum absolute atomic E-state index is 5.43. The summed E-state index contributed by atoms with van der Waals surface area (Å²) < 4.78 is 6.65. The van der Waals surface area contributed by atoms with Crippen LogP contribution in [-0.4, -0.2) is 18.6 Å². The normalized spacial score (nSPS) is 12.2. The molecule has 0 radical (unpaired) electrons. The van der Waals surface area contributed by atoms with Gasteiger partial charge in [0.25, 0.3) is 0 Å². The first kappa shape index (κ1) is 14.3. The van der Waals surface area contributed by atoms with Crippen molar-refractivity contribution >= 4 is 22.6 Å². The molecule has 1 atom stereocenters. The average molecular weight is 368 g/mol. The van der Waals surface area contributed by atoms with Gasteiger partial charge in [0.2, 0.25) is 0 Å². The van der Waals surface area contributed by atoms with Crippen molar-refractivity contribution in [2.24, 2.45) is 0 Å². The van der Waals surface area contributed by atoms with E-state index in [2.05, 4.69) is 58.0 Å². The highest BCUT2D eigenvalue weighted by molar-refractivity contribution is 14.1. The molecule has 100 valence electrons. The van der Waals surface area contributed by atoms with Gasteiger partial charge in [-0.05, 0) is 52.9 Å². The van der Waals surface area contributed by atoms with E-state index >= 15 is 0 Å².